The summed E-state index contributed by atoms with van der Waals surface area (Å²) >= 11 is 0. The summed E-state index contributed by atoms with van der Waals surface area (Å²) in [5, 5.41) is 7.10. The minimum Gasteiger partial charge on any atom is -0.484 e. The van der Waals surface area contributed by atoms with E-state index >= 15 is 0 Å². The van der Waals surface area contributed by atoms with Crippen molar-refractivity contribution in [1.82, 2.24) is 15.1 Å². The summed E-state index contributed by atoms with van der Waals surface area (Å²) in [6, 6.07) is 7.75. The number of rotatable bonds is 5. The molecule has 1 aromatic heterocycles. The topological polar surface area (TPSA) is 65.4 Å². The maximum absolute atomic E-state index is 11.9. The van der Waals surface area contributed by atoms with Crippen molar-refractivity contribution in [3.05, 3.63) is 36.7 Å². The van der Waals surface area contributed by atoms with E-state index in [1.54, 1.807) is 10.9 Å². The smallest absolute Gasteiger partial charge is 0.258 e. The molecule has 0 saturated carbocycles. The van der Waals surface area contributed by atoms with E-state index in [0.717, 1.165) is 30.6 Å². The molecule has 1 N–H and O–H groups in total. The fourth-order valence-electron chi connectivity index (χ4n) is 2.61. The third-order valence-corrected chi connectivity index (χ3v) is 3.77. The van der Waals surface area contributed by atoms with Crippen molar-refractivity contribution in [2.75, 3.05) is 19.8 Å². The predicted octanol–water partition coefficient (Wildman–Crippen LogP) is 1.76. The van der Waals surface area contributed by atoms with Gasteiger partial charge in [-0.2, -0.15) is 5.10 Å². The highest BCUT2D eigenvalue weighted by molar-refractivity contribution is 5.78. The van der Waals surface area contributed by atoms with Gasteiger partial charge in [0.25, 0.3) is 5.91 Å². The lowest BCUT2D eigenvalue weighted by Gasteiger charge is -2.23. The number of aryl methyl sites for hydroxylation is 1. The van der Waals surface area contributed by atoms with Gasteiger partial charge in [-0.25, -0.2) is 0 Å². The van der Waals surface area contributed by atoms with Gasteiger partial charge in [0, 0.05) is 25.4 Å². The monoisotopic (exact) mass is 315 g/mol. The summed E-state index contributed by atoms with van der Waals surface area (Å²) < 4.78 is 12.7. The summed E-state index contributed by atoms with van der Waals surface area (Å²) in [5.41, 5.74) is 2.03. The molecule has 1 aliphatic heterocycles. The van der Waals surface area contributed by atoms with Gasteiger partial charge >= 0.3 is 0 Å². The fourth-order valence-corrected chi connectivity index (χ4v) is 2.61. The van der Waals surface area contributed by atoms with E-state index in [0.29, 0.717) is 12.4 Å². The molecule has 2 aromatic rings. The van der Waals surface area contributed by atoms with E-state index in [1.807, 2.05) is 37.5 Å². The number of hydrogen-bond donors (Lipinski definition) is 1. The molecule has 0 aliphatic carbocycles. The number of amides is 1. The molecule has 3 rings (SSSR count). The predicted molar refractivity (Wildman–Crippen MR) is 86.1 cm³/mol. The van der Waals surface area contributed by atoms with Gasteiger partial charge < -0.3 is 14.8 Å². The van der Waals surface area contributed by atoms with Crippen molar-refractivity contribution in [1.29, 1.82) is 0 Å². The summed E-state index contributed by atoms with van der Waals surface area (Å²) in [6.45, 7) is 1.37. The number of carbonyl (C=O) groups excluding carboxylic acids is 1. The Hall–Kier alpha value is -2.34. The van der Waals surface area contributed by atoms with Crippen LogP contribution in [-0.4, -0.2) is 41.6 Å². The molecule has 2 heterocycles. The van der Waals surface area contributed by atoms with Crippen LogP contribution in [0.15, 0.2) is 36.7 Å². The number of carbonyl (C=O) groups is 1. The van der Waals surface area contributed by atoms with Crippen LogP contribution in [0.25, 0.3) is 11.1 Å². The first-order valence-corrected chi connectivity index (χ1v) is 7.80. The van der Waals surface area contributed by atoms with Crippen LogP contribution in [0.3, 0.4) is 0 Å². The van der Waals surface area contributed by atoms with Crippen LogP contribution in [0.1, 0.15) is 12.8 Å². The molecule has 1 amide bonds. The van der Waals surface area contributed by atoms with Crippen LogP contribution in [-0.2, 0) is 16.6 Å². The lowest BCUT2D eigenvalue weighted by Crippen LogP contribution is -2.42. The van der Waals surface area contributed by atoms with Gasteiger partial charge in [-0.1, -0.05) is 12.1 Å². The zero-order chi connectivity index (χ0) is 16.1. The van der Waals surface area contributed by atoms with Crippen LogP contribution in [0, 0.1) is 0 Å². The Bertz CT molecular complexity index is 663. The average molecular weight is 315 g/mol. The van der Waals surface area contributed by atoms with Gasteiger partial charge in [-0.05, 0) is 30.5 Å². The third-order valence-electron chi connectivity index (χ3n) is 3.77. The summed E-state index contributed by atoms with van der Waals surface area (Å²) in [6.07, 6.45) is 5.69. The first-order chi connectivity index (χ1) is 11.2. The Balaban J connectivity index is 1.54. The van der Waals surface area contributed by atoms with E-state index in [1.165, 1.54) is 0 Å². The molecule has 122 valence electrons. The van der Waals surface area contributed by atoms with Crippen molar-refractivity contribution >= 4 is 5.91 Å². The van der Waals surface area contributed by atoms with Gasteiger partial charge in [0.1, 0.15) is 5.75 Å². The molecule has 1 saturated heterocycles. The minimum absolute atomic E-state index is 0.00694. The molecule has 0 spiro atoms. The van der Waals surface area contributed by atoms with Crippen molar-refractivity contribution in [2.45, 2.75) is 18.9 Å². The molecule has 1 aliphatic rings. The average Bonchev–Trinajstić information content (AvgIpc) is 3.01. The van der Waals surface area contributed by atoms with Gasteiger partial charge in [0.05, 0.1) is 18.8 Å². The Morgan fingerprint density at radius 3 is 3.13 bits per heavy atom. The molecule has 0 radical (unpaired) electrons. The largest absolute Gasteiger partial charge is 0.484 e. The number of aromatic nitrogens is 2. The maximum atomic E-state index is 11.9. The van der Waals surface area contributed by atoms with Crippen molar-refractivity contribution < 1.29 is 14.3 Å². The molecule has 6 heteroatoms. The molecule has 1 aromatic carbocycles. The maximum Gasteiger partial charge on any atom is 0.258 e. The van der Waals surface area contributed by atoms with Crippen molar-refractivity contribution in [3.63, 3.8) is 0 Å². The van der Waals surface area contributed by atoms with Crippen LogP contribution >= 0.6 is 0 Å². The van der Waals surface area contributed by atoms with Crippen LogP contribution in [0.2, 0.25) is 0 Å². The minimum atomic E-state index is -0.118. The summed E-state index contributed by atoms with van der Waals surface area (Å²) in [4.78, 5) is 11.9. The molecule has 6 nitrogen and oxygen atoms in total. The molecule has 0 bridgehead atoms. The van der Waals surface area contributed by atoms with Crippen LogP contribution in [0.5, 0.6) is 5.75 Å². The summed E-state index contributed by atoms with van der Waals surface area (Å²) in [7, 11) is 1.88. The summed E-state index contributed by atoms with van der Waals surface area (Å²) in [5.74, 6) is 0.550. The standard InChI is InChI=1S/C17H21N3O3/c1-20-10-14(9-18-20)13-4-2-6-16(8-13)23-12-17(21)19-15-5-3-7-22-11-15/h2,4,6,8-10,15H,3,5,7,11-12H2,1H3,(H,19,21). The van der Waals surface area contributed by atoms with Crippen molar-refractivity contribution in [2.24, 2.45) is 7.05 Å². The van der Waals surface area contributed by atoms with E-state index < -0.39 is 0 Å². The van der Waals surface area contributed by atoms with E-state index in [-0.39, 0.29) is 18.6 Å². The van der Waals surface area contributed by atoms with Gasteiger partial charge in [-0.15, -0.1) is 0 Å². The number of hydrogen-bond acceptors (Lipinski definition) is 4. The molecule has 1 fully saturated rings. The molecular weight excluding hydrogens is 294 g/mol. The van der Waals surface area contributed by atoms with E-state index in [2.05, 4.69) is 10.4 Å². The Kier molecular flexibility index (Phi) is 4.92. The van der Waals surface area contributed by atoms with Crippen molar-refractivity contribution in [3.8, 4) is 16.9 Å². The Morgan fingerprint density at radius 1 is 1.48 bits per heavy atom. The second-order valence-electron chi connectivity index (χ2n) is 5.70. The second-order valence-corrected chi connectivity index (χ2v) is 5.70. The molecule has 23 heavy (non-hydrogen) atoms. The quantitative estimate of drug-likeness (QED) is 0.913. The lowest BCUT2D eigenvalue weighted by molar-refractivity contribution is -0.124. The lowest BCUT2D eigenvalue weighted by atomic mass is 10.1. The number of benzene rings is 1. The molecule has 1 unspecified atom stereocenters. The first kappa shape index (κ1) is 15.6. The highest BCUT2D eigenvalue weighted by Gasteiger charge is 2.16. The van der Waals surface area contributed by atoms with Gasteiger partial charge in [0.2, 0.25) is 0 Å². The highest BCUT2D eigenvalue weighted by atomic mass is 16.5. The van der Waals surface area contributed by atoms with Gasteiger partial charge in [0.15, 0.2) is 6.61 Å². The van der Waals surface area contributed by atoms with Gasteiger partial charge in [-0.3, -0.25) is 9.48 Å². The highest BCUT2D eigenvalue weighted by Crippen LogP contribution is 2.23. The van der Waals surface area contributed by atoms with Crippen LogP contribution < -0.4 is 10.1 Å². The first-order valence-electron chi connectivity index (χ1n) is 7.80. The number of nitrogens with one attached hydrogen (secondary N) is 1. The van der Waals surface area contributed by atoms with E-state index in [9.17, 15) is 4.79 Å². The zero-order valence-corrected chi connectivity index (χ0v) is 13.2. The normalized spacial score (nSPS) is 17.7. The van der Waals surface area contributed by atoms with Crippen LogP contribution in [0.4, 0.5) is 0 Å². The Labute approximate surface area is 135 Å². The zero-order valence-electron chi connectivity index (χ0n) is 13.2. The second kappa shape index (κ2) is 7.28. The molecular formula is C17H21N3O3. The molecule has 1 atom stereocenters. The number of ether oxygens (including phenoxy) is 2. The van der Waals surface area contributed by atoms with E-state index in [4.69, 9.17) is 9.47 Å². The fraction of sp³-hybridized carbons (Fsp3) is 0.412. The third kappa shape index (κ3) is 4.32. The number of nitrogens with zero attached hydrogens (tertiary/aromatic N) is 2. The SMILES string of the molecule is Cn1cc(-c2cccc(OCC(=O)NC3CCCOC3)c2)cn1. The Morgan fingerprint density at radius 2 is 2.39 bits per heavy atom.